The molecule has 5 heteroatoms. The highest BCUT2D eigenvalue weighted by Crippen LogP contribution is 2.36. The van der Waals surface area contributed by atoms with E-state index in [1.54, 1.807) is 7.11 Å². The maximum Gasteiger partial charge on any atom is 0.245 e. The Labute approximate surface area is 186 Å². The molecule has 1 aliphatic rings. The first-order valence-electron chi connectivity index (χ1n) is 10.4. The van der Waals surface area contributed by atoms with Crippen LogP contribution in [0.4, 0.5) is 0 Å². The summed E-state index contributed by atoms with van der Waals surface area (Å²) in [5.41, 5.74) is 3.81. The van der Waals surface area contributed by atoms with Gasteiger partial charge in [0.1, 0.15) is 5.75 Å². The largest absolute Gasteiger partial charge is 0.496 e. The summed E-state index contributed by atoms with van der Waals surface area (Å²) >= 11 is 0. The summed E-state index contributed by atoms with van der Waals surface area (Å²) in [6, 6.07) is 30.0. The molecule has 4 aromatic carbocycles. The molecule has 0 fully saturated rings. The molecule has 0 unspecified atom stereocenters. The third-order valence-electron chi connectivity index (χ3n) is 5.59. The minimum Gasteiger partial charge on any atom is -0.496 e. The Kier molecular flexibility index (Phi) is 5.07. The molecule has 0 radical (unpaired) electrons. The summed E-state index contributed by atoms with van der Waals surface area (Å²) in [6.45, 7) is 1.49. The number of hydrazone groups is 1. The maximum absolute atomic E-state index is 12.4. The molecule has 1 heterocycles. The zero-order valence-electron chi connectivity index (χ0n) is 17.9. The summed E-state index contributed by atoms with van der Waals surface area (Å²) in [6.07, 6.45) is -0.643. The molecule has 0 aliphatic carbocycles. The molecule has 5 nitrogen and oxygen atoms in total. The van der Waals surface area contributed by atoms with Crippen LogP contribution in [0.15, 0.2) is 96.1 Å². The third-order valence-corrected chi connectivity index (χ3v) is 5.59. The fourth-order valence-electron chi connectivity index (χ4n) is 4.00. The van der Waals surface area contributed by atoms with Crippen molar-refractivity contribution in [2.45, 2.75) is 13.2 Å². The number of ether oxygens (including phenoxy) is 2. The second-order valence-electron chi connectivity index (χ2n) is 7.59. The number of benzene rings is 4. The van der Waals surface area contributed by atoms with Crippen LogP contribution >= 0.6 is 0 Å². The Balaban J connectivity index is 1.53. The molecule has 0 N–H and O–H groups in total. The monoisotopic (exact) mass is 422 g/mol. The van der Waals surface area contributed by atoms with E-state index in [4.69, 9.17) is 9.47 Å². The first-order chi connectivity index (χ1) is 15.7. The highest BCUT2D eigenvalue weighted by atomic mass is 16.5. The van der Waals surface area contributed by atoms with Crippen LogP contribution < -0.4 is 4.74 Å². The standard InChI is InChI=1S/C27H22N2O3/c1-18(30)29-27(22-14-12-20(13-15-22)19-8-4-3-5-9-19)32-26(28-29)25-23-11-7-6-10-21(23)16-17-24(25)31-2/h3-17,27H,1-2H3/t27-/m1/s1. The van der Waals surface area contributed by atoms with Crippen molar-refractivity contribution < 1.29 is 14.3 Å². The molecule has 1 amide bonds. The van der Waals surface area contributed by atoms with E-state index >= 15 is 0 Å². The number of hydrogen-bond donors (Lipinski definition) is 0. The molecule has 1 aliphatic heterocycles. The molecule has 4 aromatic rings. The molecule has 0 saturated heterocycles. The van der Waals surface area contributed by atoms with Gasteiger partial charge in [-0.25, -0.2) is 0 Å². The number of hydrogen-bond acceptors (Lipinski definition) is 4. The summed E-state index contributed by atoms with van der Waals surface area (Å²) < 4.78 is 11.9. The van der Waals surface area contributed by atoms with E-state index in [2.05, 4.69) is 17.2 Å². The van der Waals surface area contributed by atoms with Crippen molar-refractivity contribution in [3.05, 3.63) is 102 Å². The SMILES string of the molecule is COc1ccc2ccccc2c1C1=NN(C(C)=O)[C@@H](c2ccc(-c3ccccc3)cc2)O1. The van der Waals surface area contributed by atoms with Crippen molar-refractivity contribution in [1.82, 2.24) is 5.01 Å². The fourth-order valence-corrected chi connectivity index (χ4v) is 4.00. The molecular weight excluding hydrogens is 400 g/mol. The van der Waals surface area contributed by atoms with Gasteiger partial charge in [-0.2, -0.15) is 5.01 Å². The van der Waals surface area contributed by atoms with Gasteiger partial charge in [0.2, 0.25) is 18.0 Å². The second kappa shape index (κ2) is 8.19. The lowest BCUT2D eigenvalue weighted by Gasteiger charge is -2.20. The zero-order valence-corrected chi connectivity index (χ0v) is 17.9. The van der Waals surface area contributed by atoms with Gasteiger partial charge in [0, 0.05) is 12.5 Å². The fraction of sp³-hybridized carbons (Fsp3) is 0.111. The number of methoxy groups -OCH3 is 1. The number of amides is 1. The molecular formula is C27H22N2O3. The van der Waals surface area contributed by atoms with Gasteiger partial charge < -0.3 is 9.47 Å². The number of fused-ring (bicyclic) bond motifs is 1. The van der Waals surface area contributed by atoms with Crippen LogP contribution in [0.25, 0.3) is 21.9 Å². The Morgan fingerprint density at radius 2 is 1.56 bits per heavy atom. The maximum atomic E-state index is 12.4. The molecule has 0 aromatic heterocycles. The quantitative estimate of drug-likeness (QED) is 0.420. The Morgan fingerprint density at radius 3 is 2.28 bits per heavy atom. The summed E-state index contributed by atoms with van der Waals surface area (Å²) in [5, 5.41) is 7.93. The molecule has 5 rings (SSSR count). The van der Waals surface area contributed by atoms with Gasteiger partial charge in [-0.15, -0.1) is 5.10 Å². The van der Waals surface area contributed by atoms with E-state index in [1.807, 2.05) is 78.9 Å². The van der Waals surface area contributed by atoms with E-state index in [-0.39, 0.29) is 5.91 Å². The van der Waals surface area contributed by atoms with Gasteiger partial charge in [0.15, 0.2) is 0 Å². The average Bonchev–Trinajstić information content (AvgIpc) is 3.29. The number of nitrogens with zero attached hydrogens (tertiary/aromatic N) is 2. The van der Waals surface area contributed by atoms with Crippen LogP contribution in [-0.4, -0.2) is 23.9 Å². The first-order valence-corrected chi connectivity index (χ1v) is 10.4. The smallest absolute Gasteiger partial charge is 0.245 e. The molecule has 0 bridgehead atoms. The lowest BCUT2D eigenvalue weighted by atomic mass is 10.0. The topological polar surface area (TPSA) is 51.1 Å². The zero-order chi connectivity index (χ0) is 22.1. The first kappa shape index (κ1) is 19.8. The summed E-state index contributed by atoms with van der Waals surface area (Å²) in [7, 11) is 1.62. The summed E-state index contributed by atoms with van der Waals surface area (Å²) in [5.74, 6) is 0.813. The highest BCUT2D eigenvalue weighted by Gasteiger charge is 2.34. The molecule has 32 heavy (non-hydrogen) atoms. The van der Waals surface area contributed by atoms with Gasteiger partial charge in [0.05, 0.1) is 12.7 Å². The molecule has 1 atom stereocenters. The Bertz CT molecular complexity index is 1310. The van der Waals surface area contributed by atoms with Gasteiger partial charge in [0.25, 0.3) is 0 Å². The number of carbonyl (C=O) groups is 1. The van der Waals surface area contributed by atoms with Crippen molar-refractivity contribution in [1.29, 1.82) is 0 Å². The number of rotatable bonds is 4. The Hall–Kier alpha value is -4.12. The van der Waals surface area contributed by atoms with Crippen molar-refractivity contribution in [3.63, 3.8) is 0 Å². The Morgan fingerprint density at radius 1 is 0.875 bits per heavy atom. The van der Waals surface area contributed by atoms with Crippen LogP contribution in [0.3, 0.4) is 0 Å². The molecule has 0 saturated carbocycles. The highest BCUT2D eigenvalue weighted by molar-refractivity contribution is 6.10. The van der Waals surface area contributed by atoms with Crippen molar-refractivity contribution in [3.8, 4) is 16.9 Å². The van der Waals surface area contributed by atoms with E-state index in [1.165, 1.54) is 11.9 Å². The van der Waals surface area contributed by atoms with Crippen LogP contribution in [0.2, 0.25) is 0 Å². The molecule has 158 valence electrons. The van der Waals surface area contributed by atoms with Crippen molar-refractivity contribution in [2.24, 2.45) is 5.10 Å². The average molecular weight is 422 g/mol. The number of carbonyl (C=O) groups excluding carboxylic acids is 1. The van der Waals surface area contributed by atoms with Gasteiger partial charge in [-0.1, -0.05) is 84.9 Å². The minimum absolute atomic E-state index is 0.198. The van der Waals surface area contributed by atoms with Crippen molar-refractivity contribution >= 4 is 22.6 Å². The second-order valence-corrected chi connectivity index (χ2v) is 7.59. The third kappa shape index (κ3) is 3.48. The minimum atomic E-state index is -0.643. The molecule has 0 spiro atoms. The van der Waals surface area contributed by atoms with Crippen LogP contribution in [0.1, 0.15) is 24.3 Å². The van der Waals surface area contributed by atoms with Gasteiger partial charge in [-0.3, -0.25) is 4.79 Å². The summed E-state index contributed by atoms with van der Waals surface area (Å²) in [4.78, 5) is 12.4. The van der Waals surface area contributed by atoms with Crippen LogP contribution in [-0.2, 0) is 9.53 Å². The normalized spacial score (nSPS) is 15.4. The lowest BCUT2D eigenvalue weighted by molar-refractivity contribution is -0.135. The van der Waals surface area contributed by atoms with Gasteiger partial charge in [-0.05, 0) is 28.0 Å². The predicted molar refractivity (Wildman–Crippen MR) is 125 cm³/mol. The van der Waals surface area contributed by atoms with E-state index in [0.29, 0.717) is 11.6 Å². The van der Waals surface area contributed by atoms with Crippen LogP contribution in [0, 0.1) is 0 Å². The van der Waals surface area contributed by atoms with E-state index in [0.717, 1.165) is 33.0 Å². The van der Waals surface area contributed by atoms with Gasteiger partial charge >= 0.3 is 0 Å². The van der Waals surface area contributed by atoms with E-state index < -0.39 is 6.23 Å². The lowest BCUT2D eigenvalue weighted by Crippen LogP contribution is -2.25. The predicted octanol–water partition coefficient (Wildman–Crippen LogP) is 5.75. The van der Waals surface area contributed by atoms with Crippen molar-refractivity contribution in [2.75, 3.05) is 7.11 Å². The van der Waals surface area contributed by atoms with Crippen LogP contribution in [0.5, 0.6) is 5.75 Å². The van der Waals surface area contributed by atoms with E-state index in [9.17, 15) is 4.79 Å².